The maximum absolute atomic E-state index is 6.09. The van der Waals surface area contributed by atoms with Crippen LogP contribution < -0.4 is 5.73 Å². The van der Waals surface area contributed by atoms with Crippen molar-refractivity contribution in [3.8, 4) is 0 Å². The SMILES string of the molecule is CCC1CCN(C2(CN)CC(C)N(C)C2)C1. The molecule has 3 nitrogen and oxygen atoms in total. The maximum atomic E-state index is 6.09. The van der Waals surface area contributed by atoms with E-state index in [1.165, 1.54) is 32.4 Å². The van der Waals surface area contributed by atoms with Crippen molar-refractivity contribution in [2.45, 2.75) is 44.7 Å². The predicted octanol–water partition coefficient (Wildman–Crippen LogP) is 1.14. The fraction of sp³-hybridized carbons (Fsp3) is 1.00. The molecule has 0 aliphatic carbocycles. The van der Waals surface area contributed by atoms with E-state index in [9.17, 15) is 0 Å². The van der Waals surface area contributed by atoms with Crippen molar-refractivity contribution in [2.75, 3.05) is 33.2 Å². The number of hydrogen-bond acceptors (Lipinski definition) is 3. The molecule has 2 aliphatic rings. The molecule has 0 bridgehead atoms. The van der Waals surface area contributed by atoms with Crippen LogP contribution in [0.4, 0.5) is 0 Å². The van der Waals surface area contributed by atoms with Gasteiger partial charge in [0.2, 0.25) is 0 Å². The normalized spacial score (nSPS) is 42.0. The fourth-order valence-electron chi connectivity index (χ4n) is 3.49. The molecule has 2 aliphatic heterocycles. The van der Waals surface area contributed by atoms with E-state index in [1.54, 1.807) is 0 Å². The molecule has 3 unspecified atom stereocenters. The van der Waals surface area contributed by atoms with Crippen LogP contribution in [0.2, 0.25) is 0 Å². The molecule has 2 rings (SSSR count). The van der Waals surface area contributed by atoms with Gasteiger partial charge in [-0.2, -0.15) is 0 Å². The summed E-state index contributed by atoms with van der Waals surface area (Å²) in [6, 6.07) is 0.684. The first kappa shape index (κ1) is 12.3. The van der Waals surface area contributed by atoms with Crippen LogP contribution in [0, 0.1) is 5.92 Å². The zero-order chi connectivity index (χ0) is 11.8. The minimum atomic E-state index is 0.276. The predicted molar refractivity (Wildman–Crippen MR) is 68.5 cm³/mol. The van der Waals surface area contributed by atoms with Crippen molar-refractivity contribution >= 4 is 0 Å². The molecule has 94 valence electrons. The summed E-state index contributed by atoms with van der Waals surface area (Å²) in [4.78, 5) is 5.15. The fourth-order valence-corrected chi connectivity index (χ4v) is 3.49. The lowest BCUT2D eigenvalue weighted by molar-refractivity contribution is 0.126. The summed E-state index contributed by atoms with van der Waals surface area (Å²) < 4.78 is 0. The van der Waals surface area contributed by atoms with E-state index >= 15 is 0 Å². The zero-order valence-electron chi connectivity index (χ0n) is 11.1. The van der Waals surface area contributed by atoms with E-state index in [1.807, 2.05) is 0 Å². The van der Waals surface area contributed by atoms with Crippen molar-refractivity contribution < 1.29 is 0 Å². The lowest BCUT2D eigenvalue weighted by Gasteiger charge is -2.38. The van der Waals surface area contributed by atoms with Crippen LogP contribution in [0.3, 0.4) is 0 Å². The van der Waals surface area contributed by atoms with Crippen LogP contribution in [0.1, 0.15) is 33.1 Å². The van der Waals surface area contributed by atoms with Gasteiger partial charge in [0.05, 0.1) is 0 Å². The Bertz CT molecular complexity index is 231. The van der Waals surface area contributed by atoms with Crippen molar-refractivity contribution in [3.63, 3.8) is 0 Å². The number of likely N-dealkylation sites (tertiary alicyclic amines) is 2. The van der Waals surface area contributed by atoms with Crippen molar-refractivity contribution in [1.29, 1.82) is 0 Å². The van der Waals surface area contributed by atoms with Crippen LogP contribution in [0.25, 0.3) is 0 Å². The van der Waals surface area contributed by atoms with Crippen molar-refractivity contribution in [1.82, 2.24) is 9.80 Å². The Balaban J connectivity index is 2.06. The van der Waals surface area contributed by atoms with Gasteiger partial charge in [0.1, 0.15) is 0 Å². The van der Waals surface area contributed by atoms with E-state index in [0.717, 1.165) is 19.0 Å². The van der Waals surface area contributed by atoms with Crippen LogP contribution in [0.15, 0.2) is 0 Å². The molecule has 0 aromatic rings. The second kappa shape index (κ2) is 4.63. The monoisotopic (exact) mass is 225 g/mol. The first-order chi connectivity index (χ1) is 7.61. The van der Waals surface area contributed by atoms with E-state index in [-0.39, 0.29) is 5.54 Å². The highest BCUT2D eigenvalue weighted by Gasteiger charge is 2.45. The van der Waals surface area contributed by atoms with Crippen molar-refractivity contribution in [3.05, 3.63) is 0 Å². The van der Waals surface area contributed by atoms with Gasteiger partial charge < -0.3 is 10.6 Å². The highest BCUT2D eigenvalue weighted by molar-refractivity contribution is 5.04. The van der Waals surface area contributed by atoms with Gasteiger partial charge in [-0.15, -0.1) is 0 Å². The van der Waals surface area contributed by atoms with Crippen LogP contribution in [0.5, 0.6) is 0 Å². The average molecular weight is 225 g/mol. The van der Waals surface area contributed by atoms with E-state index in [0.29, 0.717) is 6.04 Å². The highest BCUT2D eigenvalue weighted by atomic mass is 15.3. The number of rotatable bonds is 3. The van der Waals surface area contributed by atoms with Crippen LogP contribution in [-0.4, -0.2) is 54.6 Å². The van der Waals surface area contributed by atoms with Gasteiger partial charge >= 0.3 is 0 Å². The lowest BCUT2D eigenvalue weighted by atomic mass is 9.94. The molecule has 2 fully saturated rings. The van der Waals surface area contributed by atoms with Gasteiger partial charge in [-0.3, -0.25) is 4.90 Å². The Morgan fingerprint density at radius 1 is 1.44 bits per heavy atom. The first-order valence-electron chi connectivity index (χ1n) is 6.76. The molecule has 0 radical (unpaired) electrons. The standard InChI is InChI=1S/C13H27N3/c1-4-12-5-6-16(8-12)13(9-14)7-11(2)15(3)10-13/h11-12H,4-10,14H2,1-3H3. The molecular formula is C13H27N3. The summed E-state index contributed by atoms with van der Waals surface area (Å²) >= 11 is 0. The smallest absolute Gasteiger partial charge is 0.0473 e. The Hall–Kier alpha value is -0.120. The van der Waals surface area contributed by atoms with Gasteiger partial charge in [-0.25, -0.2) is 0 Å². The molecule has 16 heavy (non-hydrogen) atoms. The molecular weight excluding hydrogens is 198 g/mol. The molecule has 0 aromatic carbocycles. The molecule has 2 heterocycles. The summed E-state index contributed by atoms with van der Waals surface area (Å²) in [7, 11) is 2.23. The van der Waals surface area contributed by atoms with E-state index in [4.69, 9.17) is 5.73 Å². The number of likely N-dealkylation sites (N-methyl/N-ethyl adjacent to an activating group) is 1. The molecule has 2 saturated heterocycles. The molecule has 0 spiro atoms. The van der Waals surface area contributed by atoms with Gasteiger partial charge in [-0.05, 0) is 39.3 Å². The second-order valence-corrected chi connectivity index (χ2v) is 5.91. The van der Waals surface area contributed by atoms with Crippen molar-refractivity contribution in [2.24, 2.45) is 11.7 Å². The topological polar surface area (TPSA) is 32.5 Å². The summed E-state index contributed by atoms with van der Waals surface area (Å²) in [5.74, 6) is 0.907. The minimum absolute atomic E-state index is 0.276. The third-order valence-corrected chi connectivity index (χ3v) is 4.89. The summed E-state index contributed by atoms with van der Waals surface area (Å²) in [6.45, 7) is 9.14. The second-order valence-electron chi connectivity index (χ2n) is 5.91. The average Bonchev–Trinajstić information content (AvgIpc) is 2.85. The van der Waals surface area contributed by atoms with Gasteiger partial charge in [0, 0.05) is 31.2 Å². The third-order valence-electron chi connectivity index (χ3n) is 4.89. The molecule has 0 amide bonds. The number of nitrogens with two attached hydrogens (primary N) is 1. The molecule has 0 saturated carbocycles. The summed E-state index contributed by atoms with van der Waals surface area (Å²) in [5.41, 5.74) is 6.37. The molecule has 0 aromatic heterocycles. The Kier molecular flexibility index (Phi) is 3.57. The van der Waals surface area contributed by atoms with Crippen LogP contribution >= 0.6 is 0 Å². The quantitative estimate of drug-likeness (QED) is 0.782. The number of nitrogens with zero attached hydrogens (tertiary/aromatic N) is 2. The third kappa shape index (κ3) is 2.01. The van der Waals surface area contributed by atoms with E-state index in [2.05, 4.69) is 30.7 Å². The van der Waals surface area contributed by atoms with Crippen LogP contribution in [-0.2, 0) is 0 Å². The van der Waals surface area contributed by atoms with Gasteiger partial charge in [-0.1, -0.05) is 13.3 Å². The largest absolute Gasteiger partial charge is 0.329 e. The Labute approximate surface area is 100.0 Å². The lowest BCUT2D eigenvalue weighted by Crippen LogP contribution is -2.54. The molecule has 2 N–H and O–H groups in total. The van der Waals surface area contributed by atoms with E-state index < -0.39 is 0 Å². The number of hydrogen-bond donors (Lipinski definition) is 1. The first-order valence-corrected chi connectivity index (χ1v) is 6.76. The minimum Gasteiger partial charge on any atom is -0.329 e. The molecule has 3 atom stereocenters. The maximum Gasteiger partial charge on any atom is 0.0473 e. The Morgan fingerprint density at radius 3 is 2.62 bits per heavy atom. The van der Waals surface area contributed by atoms with Gasteiger partial charge in [0.15, 0.2) is 0 Å². The summed E-state index contributed by atoms with van der Waals surface area (Å²) in [5, 5.41) is 0. The van der Waals surface area contributed by atoms with Gasteiger partial charge in [0.25, 0.3) is 0 Å². The molecule has 3 heteroatoms. The highest BCUT2D eigenvalue weighted by Crippen LogP contribution is 2.35. The zero-order valence-corrected chi connectivity index (χ0v) is 11.1. The Morgan fingerprint density at radius 2 is 2.19 bits per heavy atom. The summed E-state index contributed by atoms with van der Waals surface area (Å²) in [6.07, 6.45) is 3.94.